The lowest BCUT2D eigenvalue weighted by atomic mass is 9.94. The molecule has 0 aliphatic carbocycles. The molecule has 8 nitrogen and oxygen atoms in total. The third-order valence-corrected chi connectivity index (χ3v) is 6.30. The first-order chi connectivity index (χ1) is 16.3. The Morgan fingerprint density at radius 1 is 1.21 bits per heavy atom. The molecule has 2 aliphatic rings. The van der Waals surface area contributed by atoms with Crippen LogP contribution in [0.4, 0.5) is 0 Å². The molecule has 2 aromatic carbocycles. The number of halogens is 1. The molecule has 0 radical (unpaired) electrons. The Bertz CT molecular complexity index is 1140. The van der Waals surface area contributed by atoms with E-state index in [-0.39, 0.29) is 41.0 Å². The number of benzene rings is 2. The molecule has 2 aliphatic heterocycles. The van der Waals surface area contributed by atoms with E-state index in [1.54, 1.807) is 31.2 Å². The van der Waals surface area contributed by atoms with Gasteiger partial charge in [-0.05, 0) is 55.7 Å². The van der Waals surface area contributed by atoms with E-state index in [1.807, 2.05) is 0 Å². The zero-order chi connectivity index (χ0) is 24.4. The van der Waals surface area contributed by atoms with Crippen molar-refractivity contribution in [2.24, 2.45) is 0 Å². The van der Waals surface area contributed by atoms with Crippen molar-refractivity contribution < 1.29 is 34.0 Å². The van der Waals surface area contributed by atoms with Gasteiger partial charge in [-0.2, -0.15) is 0 Å². The van der Waals surface area contributed by atoms with Crippen molar-refractivity contribution in [3.05, 3.63) is 58.1 Å². The van der Waals surface area contributed by atoms with E-state index in [9.17, 15) is 19.8 Å². The molecule has 0 spiro atoms. The fourth-order valence-electron chi connectivity index (χ4n) is 4.37. The van der Waals surface area contributed by atoms with Crippen molar-refractivity contribution in [1.82, 2.24) is 4.90 Å². The van der Waals surface area contributed by atoms with Crippen LogP contribution in [0.1, 0.15) is 36.9 Å². The number of ether oxygens (including phenoxy) is 3. The van der Waals surface area contributed by atoms with Crippen LogP contribution in [0.15, 0.2) is 42.0 Å². The average Bonchev–Trinajstić information content (AvgIpc) is 3.42. The van der Waals surface area contributed by atoms with Crippen LogP contribution in [0.3, 0.4) is 0 Å². The number of aliphatic hydroxyl groups excluding tert-OH is 1. The van der Waals surface area contributed by atoms with E-state index in [1.165, 1.54) is 24.1 Å². The van der Waals surface area contributed by atoms with E-state index < -0.39 is 17.7 Å². The number of aliphatic hydroxyl groups is 1. The highest BCUT2D eigenvalue weighted by Crippen LogP contribution is 2.42. The average molecular weight is 488 g/mol. The zero-order valence-electron chi connectivity index (χ0n) is 18.9. The van der Waals surface area contributed by atoms with Gasteiger partial charge in [0.2, 0.25) is 0 Å². The highest BCUT2D eigenvalue weighted by Gasteiger charge is 2.47. The number of Topliss-reactive ketones (excluding diaryl/α,β-unsaturated/α-hetero) is 1. The van der Waals surface area contributed by atoms with Crippen molar-refractivity contribution in [3.8, 4) is 17.2 Å². The molecule has 1 amide bonds. The van der Waals surface area contributed by atoms with Gasteiger partial charge >= 0.3 is 0 Å². The predicted octanol–water partition coefficient (Wildman–Crippen LogP) is 4.05. The van der Waals surface area contributed by atoms with E-state index in [4.69, 9.17) is 25.8 Å². The number of methoxy groups -OCH3 is 1. The Hall–Kier alpha value is -3.23. The Labute approximate surface area is 202 Å². The summed E-state index contributed by atoms with van der Waals surface area (Å²) in [6.07, 6.45) is 1.42. The Morgan fingerprint density at radius 2 is 2.00 bits per heavy atom. The minimum Gasteiger partial charge on any atom is -0.507 e. The molecule has 0 aromatic heterocycles. The number of ketones is 1. The molecule has 0 bridgehead atoms. The van der Waals surface area contributed by atoms with E-state index in [0.29, 0.717) is 29.5 Å². The minimum atomic E-state index is -0.924. The first kappa shape index (κ1) is 23.9. The summed E-state index contributed by atoms with van der Waals surface area (Å²) in [4.78, 5) is 27.7. The fourth-order valence-corrected chi connectivity index (χ4v) is 4.54. The largest absolute Gasteiger partial charge is 0.507 e. The second kappa shape index (κ2) is 9.95. The predicted molar refractivity (Wildman–Crippen MR) is 125 cm³/mol. The number of carbonyl (C=O) groups excluding carboxylic acids is 2. The summed E-state index contributed by atoms with van der Waals surface area (Å²) in [7, 11) is 1.43. The molecule has 2 saturated heterocycles. The first-order valence-corrected chi connectivity index (χ1v) is 11.4. The molecule has 2 fully saturated rings. The van der Waals surface area contributed by atoms with E-state index in [0.717, 1.165) is 12.8 Å². The molecule has 2 N–H and O–H groups in total. The summed E-state index contributed by atoms with van der Waals surface area (Å²) >= 11 is 6.17. The van der Waals surface area contributed by atoms with Crippen LogP contribution < -0.4 is 9.47 Å². The number of amides is 1. The highest BCUT2D eigenvalue weighted by molar-refractivity contribution is 6.46. The molecule has 2 aromatic rings. The van der Waals surface area contributed by atoms with Gasteiger partial charge in [-0.25, -0.2) is 0 Å². The maximum absolute atomic E-state index is 13.2. The van der Waals surface area contributed by atoms with Crippen LogP contribution >= 0.6 is 11.6 Å². The third kappa shape index (κ3) is 4.43. The number of rotatable bonds is 7. The van der Waals surface area contributed by atoms with Gasteiger partial charge < -0.3 is 29.3 Å². The normalized spacial score (nSPS) is 21.8. The quantitative estimate of drug-likeness (QED) is 0.344. The Balaban J connectivity index is 1.84. The Morgan fingerprint density at radius 3 is 2.65 bits per heavy atom. The standard InChI is InChI=1S/C25H26ClNO7/c1-3-33-20-12-15(6-8-17(20)26)23(29)21-22(14-7-9-19(32-2)18(28)11-14)27(25(31)24(21)30)13-16-5-4-10-34-16/h6-9,11-12,16,22,28-29H,3-5,10,13H2,1-2H3/b23-21-. The number of carbonyl (C=O) groups is 2. The molecule has 0 saturated carbocycles. The van der Waals surface area contributed by atoms with Gasteiger partial charge in [-0.15, -0.1) is 0 Å². The number of likely N-dealkylation sites (tertiary alicyclic amines) is 1. The number of nitrogens with zero attached hydrogens (tertiary/aromatic N) is 1. The molecule has 34 heavy (non-hydrogen) atoms. The maximum atomic E-state index is 13.2. The van der Waals surface area contributed by atoms with Crippen molar-refractivity contribution in [1.29, 1.82) is 0 Å². The molecule has 9 heteroatoms. The van der Waals surface area contributed by atoms with Gasteiger partial charge in [-0.3, -0.25) is 9.59 Å². The second-order valence-corrected chi connectivity index (χ2v) is 8.50. The summed E-state index contributed by atoms with van der Waals surface area (Å²) in [5, 5.41) is 22.0. The lowest BCUT2D eigenvalue weighted by molar-refractivity contribution is -0.140. The molecular weight excluding hydrogens is 462 g/mol. The van der Waals surface area contributed by atoms with Crippen LogP contribution in [0.25, 0.3) is 5.76 Å². The van der Waals surface area contributed by atoms with Gasteiger partial charge in [0.15, 0.2) is 11.5 Å². The summed E-state index contributed by atoms with van der Waals surface area (Å²) in [5.41, 5.74) is 0.652. The second-order valence-electron chi connectivity index (χ2n) is 8.10. The van der Waals surface area contributed by atoms with Gasteiger partial charge in [0.05, 0.1) is 36.5 Å². The fraction of sp³-hybridized carbons (Fsp3) is 0.360. The lowest BCUT2D eigenvalue weighted by Crippen LogP contribution is -2.36. The maximum Gasteiger partial charge on any atom is 0.295 e. The van der Waals surface area contributed by atoms with E-state index in [2.05, 4.69) is 0 Å². The number of phenols is 1. The molecule has 2 heterocycles. The van der Waals surface area contributed by atoms with Gasteiger partial charge in [0.25, 0.3) is 11.7 Å². The molecular formula is C25H26ClNO7. The van der Waals surface area contributed by atoms with Crippen molar-refractivity contribution >= 4 is 29.1 Å². The molecule has 180 valence electrons. The minimum absolute atomic E-state index is 0.0858. The van der Waals surface area contributed by atoms with Gasteiger partial charge in [-0.1, -0.05) is 17.7 Å². The van der Waals surface area contributed by atoms with Crippen molar-refractivity contribution in [2.45, 2.75) is 31.9 Å². The first-order valence-electron chi connectivity index (χ1n) is 11.0. The van der Waals surface area contributed by atoms with Gasteiger partial charge in [0, 0.05) is 18.7 Å². The topological polar surface area (TPSA) is 106 Å². The third-order valence-electron chi connectivity index (χ3n) is 5.99. The van der Waals surface area contributed by atoms with Crippen LogP contribution in [-0.2, 0) is 14.3 Å². The molecule has 2 unspecified atom stereocenters. The highest BCUT2D eigenvalue weighted by atomic mass is 35.5. The number of hydrogen-bond donors (Lipinski definition) is 2. The zero-order valence-corrected chi connectivity index (χ0v) is 19.7. The number of phenolic OH excluding ortho intramolecular Hbond substituents is 1. The lowest BCUT2D eigenvalue weighted by Gasteiger charge is -2.27. The summed E-state index contributed by atoms with van der Waals surface area (Å²) < 4.78 is 16.3. The monoisotopic (exact) mass is 487 g/mol. The van der Waals surface area contributed by atoms with Crippen LogP contribution in [0.5, 0.6) is 17.2 Å². The smallest absolute Gasteiger partial charge is 0.295 e. The molecule has 2 atom stereocenters. The van der Waals surface area contributed by atoms with Gasteiger partial charge in [0.1, 0.15) is 11.5 Å². The molecule has 4 rings (SSSR count). The van der Waals surface area contributed by atoms with E-state index >= 15 is 0 Å². The Kier molecular flexibility index (Phi) is 7.00. The summed E-state index contributed by atoms with van der Waals surface area (Å²) in [5.74, 6) is -1.46. The summed E-state index contributed by atoms with van der Waals surface area (Å²) in [6, 6.07) is 8.34. The SMILES string of the molecule is CCOc1cc(/C(O)=C2/C(=O)C(=O)N(CC3CCCO3)C2c2ccc(OC)c(O)c2)ccc1Cl. The van der Waals surface area contributed by atoms with Crippen LogP contribution in [0.2, 0.25) is 5.02 Å². The van der Waals surface area contributed by atoms with Crippen LogP contribution in [-0.4, -0.2) is 59.8 Å². The van der Waals surface area contributed by atoms with Crippen LogP contribution in [0, 0.1) is 0 Å². The summed E-state index contributed by atoms with van der Waals surface area (Å²) in [6.45, 7) is 2.94. The van der Waals surface area contributed by atoms with Crippen molar-refractivity contribution in [2.75, 3.05) is 26.9 Å². The number of hydrogen-bond acceptors (Lipinski definition) is 7. The van der Waals surface area contributed by atoms with Crippen molar-refractivity contribution in [3.63, 3.8) is 0 Å². The number of aromatic hydroxyl groups is 1.